The van der Waals surface area contributed by atoms with Crippen molar-refractivity contribution >= 4 is 0 Å². The average Bonchev–Trinajstić information content (AvgIpc) is 2.30. The van der Waals surface area contributed by atoms with E-state index < -0.39 is 35.1 Å². The van der Waals surface area contributed by atoms with Gasteiger partial charge < -0.3 is 15.6 Å². The summed E-state index contributed by atoms with van der Waals surface area (Å²) in [6, 6.07) is 0.0895. The van der Waals surface area contributed by atoms with Gasteiger partial charge in [0, 0.05) is 19.0 Å². The van der Waals surface area contributed by atoms with Crippen LogP contribution in [0.25, 0.3) is 0 Å². The summed E-state index contributed by atoms with van der Waals surface area (Å²) in [7, 11) is 0. The molecule has 0 saturated carbocycles. The van der Waals surface area contributed by atoms with Gasteiger partial charge in [0.1, 0.15) is 0 Å². The maximum Gasteiger partial charge on any atom is 0.203 e. The number of ether oxygens (including phenoxy) is 1. The fourth-order valence-electron chi connectivity index (χ4n) is 1.09. The molecule has 0 saturated heterocycles. The van der Waals surface area contributed by atoms with Gasteiger partial charge in [0.05, 0.1) is 12.7 Å². The van der Waals surface area contributed by atoms with Crippen molar-refractivity contribution in [3.8, 4) is 5.75 Å². The molecule has 17 heavy (non-hydrogen) atoms. The van der Waals surface area contributed by atoms with E-state index in [1.807, 2.05) is 0 Å². The molecule has 0 fully saturated rings. The van der Waals surface area contributed by atoms with Crippen LogP contribution in [0, 0.1) is 23.3 Å². The summed E-state index contributed by atoms with van der Waals surface area (Å²) in [4.78, 5) is 0. The van der Waals surface area contributed by atoms with E-state index in [0.29, 0.717) is 0 Å². The van der Waals surface area contributed by atoms with Crippen LogP contribution in [-0.4, -0.2) is 24.4 Å². The summed E-state index contributed by atoms with van der Waals surface area (Å²) >= 11 is 0. The molecule has 0 aromatic heterocycles. The fraction of sp³-hybridized carbons (Fsp3) is 0.400. The van der Waals surface area contributed by atoms with Crippen LogP contribution in [0.2, 0.25) is 0 Å². The summed E-state index contributed by atoms with van der Waals surface area (Å²) in [5.41, 5.74) is 5.09. The number of halogens is 4. The number of hydrogen-bond donors (Lipinski definition) is 2. The Morgan fingerprint density at radius 3 is 2.18 bits per heavy atom. The molecule has 0 aliphatic heterocycles. The van der Waals surface area contributed by atoms with E-state index >= 15 is 0 Å². The van der Waals surface area contributed by atoms with Crippen LogP contribution >= 0.6 is 0 Å². The summed E-state index contributed by atoms with van der Waals surface area (Å²) in [6.45, 7) is -0.360. The van der Waals surface area contributed by atoms with Gasteiger partial charge in [0.2, 0.25) is 11.6 Å². The second kappa shape index (κ2) is 5.83. The number of aliphatic hydroxyl groups excluding tert-OH is 1. The number of hydrogen-bond acceptors (Lipinski definition) is 3. The average molecular weight is 253 g/mol. The Morgan fingerprint density at radius 2 is 1.71 bits per heavy atom. The van der Waals surface area contributed by atoms with Crippen LogP contribution in [0.4, 0.5) is 17.6 Å². The third-order valence-corrected chi connectivity index (χ3v) is 2.04. The van der Waals surface area contributed by atoms with Gasteiger partial charge in [-0.2, -0.15) is 8.78 Å². The zero-order valence-electron chi connectivity index (χ0n) is 8.72. The SMILES string of the molecule is NCC(O)CCOc1c(F)c(F)cc(F)c1F. The lowest BCUT2D eigenvalue weighted by Crippen LogP contribution is -2.22. The van der Waals surface area contributed by atoms with Gasteiger partial charge in [-0.25, -0.2) is 8.78 Å². The Morgan fingerprint density at radius 1 is 1.18 bits per heavy atom. The summed E-state index contributed by atoms with van der Waals surface area (Å²) in [5, 5.41) is 9.04. The standard InChI is InChI=1S/C10H11F4NO2/c11-6-3-7(12)9(14)10(8(6)13)17-2-1-5(16)4-15/h3,5,16H,1-2,4,15H2. The molecule has 1 atom stereocenters. The first kappa shape index (κ1) is 13.7. The van der Waals surface area contributed by atoms with Gasteiger partial charge in [-0.1, -0.05) is 0 Å². The molecule has 0 spiro atoms. The van der Waals surface area contributed by atoms with E-state index in [4.69, 9.17) is 10.8 Å². The molecule has 1 rings (SSSR count). The lowest BCUT2D eigenvalue weighted by molar-refractivity contribution is 0.142. The molecule has 0 heterocycles. The minimum absolute atomic E-state index is 0.00644. The van der Waals surface area contributed by atoms with Crippen molar-refractivity contribution in [1.29, 1.82) is 0 Å². The predicted octanol–water partition coefficient (Wildman–Crippen LogP) is 1.33. The van der Waals surface area contributed by atoms with Crippen molar-refractivity contribution in [2.75, 3.05) is 13.2 Å². The Labute approximate surface area is 94.8 Å². The second-order valence-electron chi connectivity index (χ2n) is 3.32. The zero-order chi connectivity index (χ0) is 13.0. The van der Waals surface area contributed by atoms with Crippen molar-refractivity contribution in [3.63, 3.8) is 0 Å². The molecule has 3 N–H and O–H groups in total. The van der Waals surface area contributed by atoms with Crippen molar-refractivity contribution in [3.05, 3.63) is 29.3 Å². The quantitative estimate of drug-likeness (QED) is 0.615. The van der Waals surface area contributed by atoms with Crippen LogP contribution in [0.3, 0.4) is 0 Å². The van der Waals surface area contributed by atoms with E-state index in [1.165, 1.54) is 0 Å². The number of benzene rings is 1. The van der Waals surface area contributed by atoms with E-state index in [9.17, 15) is 17.6 Å². The lowest BCUT2D eigenvalue weighted by atomic mass is 10.2. The number of aliphatic hydroxyl groups is 1. The van der Waals surface area contributed by atoms with E-state index in [0.717, 1.165) is 0 Å². The van der Waals surface area contributed by atoms with Gasteiger partial charge in [0.15, 0.2) is 17.4 Å². The maximum absolute atomic E-state index is 13.1. The number of rotatable bonds is 5. The maximum atomic E-state index is 13.1. The smallest absolute Gasteiger partial charge is 0.203 e. The lowest BCUT2D eigenvalue weighted by Gasteiger charge is -2.11. The molecule has 1 aromatic rings. The molecule has 3 nitrogen and oxygen atoms in total. The first-order valence-electron chi connectivity index (χ1n) is 4.81. The Balaban J connectivity index is 2.77. The van der Waals surface area contributed by atoms with E-state index in [1.54, 1.807) is 0 Å². The third kappa shape index (κ3) is 3.31. The molecule has 96 valence electrons. The second-order valence-corrected chi connectivity index (χ2v) is 3.32. The number of nitrogens with two attached hydrogens (primary N) is 1. The normalized spacial score (nSPS) is 12.6. The summed E-state index contributed by atoms with van der Waals surface area (Å²) in [5.74, 6) is -7.43. The van der Waals surface area contributed by atoms with E-state index in [-0.39, 0.29) is 25.6 Å². The minimum atomic E-state index is -1.61. The fourth-order valence-corrected chi connectivity index (χ4v) is 1.09. The topological polar surface area (TPSA) is 55.5 Å². The van der Waals surface area contributed by atoms with Crippen LogP contribution in [0.15, 0.2) is 6.07 Å². The molecular weight excluding hydrogens is 242 g/mol. The van der Waals surface area contributed by atoms with Gasteiger partial charge in [-0.05, 0) is 0 Å². The largest absolute Gasteiger partial charge is 0.487 e. The van der Waals surface area contributed by atoms with Crippen LogP contribution in [-0.2, 0) is 0 Å². The summed E-state index contributed by atoms with van der Waals surface area (Å²) < 4.78 is 56.1. The van der Waals surface area contributed by atoms with Crippen molar-refractivity contribution in [1.82, 2.24) is 0 Å². The monoisotopic (exact) mass is 253 g/mol. The highest BCUT2D eigenvalue weighted by molar-refractivity contribution is 5.28. The molecule has 0 radical (unpaired) electrons. The molecule has 0 amide bonds. The highest BCUT2D eigenvalue weighted by atomic mass is 19.2. The predicted molar refractivity (Wildman–Crippen MR) is 51.4 cm³/mol. The first-order valence-corrected chi connectivity index (χ1v) is 4.81. The Hall–Kier alpha value is -1.34. The van der Waals surface area contributed by atoms with Gasteiger partial charge >= 0.3 is 0 Å². The van der Waals surface area contributed by atoms with Crippen LogP contribution in [0.1, 0.15) is 6.42 Å². The molecule has 1 unspecified atom stereocenters. The van der Waals surface area contributed by atoms with Crippen molar-refractivity contribution in [2.45, 2.75) is 12.5 Å². The molecule has 1 aromatic carbocycles. The van der Waals surface area contributed by atoms with Crippen molar-refractivity contribution < 1.29 is 27.4 Å². The van der Waals surface area contributed by atoms with E-state index in [2.05, 4.69) is 4.74 Å². The van der Waals surface area contributed by atoms with Gasteiger partial charge in [-0.15, -0.1) is 0 Å². The van der Waals surface area contributed by atoms with Crippen molar-refractivity contribution in [2.24, 2.45) is 5.73 Å². The summed E-state index contributed by atoms with van der Waals surface area (Å²) in [6.07, 6.45) is -0.910. The minimum Gasteiger partial charge on any atom is -0.487 e. The first-order chi connectivity index (χ1) is 7.97. The highest BCUT2D eigenvalue weighted by Crippen LogP contribution is 2.26. The molecule has 0 aliphatic carbocycles. The van der Waals surface area contributed by atoms with Gasteiger partial charge in [0.25, 0.3) is 0 Å². The molecular formula is C10H11F4NO2. The van der Waals surface area contributed by atoms with Gasteiger partial charge in [-0.3, -0.25) is 0 Å². The highest BCUT2D eigenvalue weighted by Gasteiger charge is 2.20. The molecule has 0 aliphatic rings. The van der Waals surface area contributed by atoms with Crippen LogP contribution < -0.4 is 10.5 Å². The Kier molecular flexibility index (Phi) is 4.71. The molecule has 0 bridgehead atoms. The Bertz CT molecular complexity index is 374. The van der Waals surface area contributed by atoms with Crippen LogP contribution in [0.5, 0.6) is 5.75 Å². The third-order valence-electron chi connectivity index (χ3n) is 2.04. The zero-order valence-corrected chi connectivity index (χ0v) is 8.72. The molecule has 7 heteroatoms.